The van der Waals surface area contributed by atoms with Crippen LogP contribution in [0.1, 0.15) is 143 Å². The van der Waals surface area contributed by atoms with Crippen molar-refractivity contribution in [2.24, 2.45) is 5.92 Å². The molecule has 0 rings (SSSR count). The van der Waals surface area contributed by atoms with Gasteiger partial charge in [0.15, 0.2) is 6.29 Å². The molecular formula is C27H53O6PS. The summed E-state index contributed by atoms with van der Waals surface area (Å²) in [6.45, 7) is 6.23. The second kappa shape index (κ2) is 23.0. The summed E-state index contributed by atoms with van der Waals surface area (Å²) >= 11 is 4.59. The van der Waals surface area contributed by atoms with Gasteiger partial charge in [-0.05, 0) is 18.8 Å². The fraction of sp³-hybridized carbons (Fsp3) is 0.963. The predicted octanol–water partition coefficient (Wildman–Crippen LogP) is 8.71. The molecule has 6 nitrogen and oxygen atoms in total. The van der Waals surface area contributed by atoms with Crippen LogP contribution in [-0.4, -0.2) is 33.4 Å². The van der Waals surface area contributed by atoms with Crippen molar-refractivity contribution in [2.45, 2.75) is 160 Å². The number of hydrogen-bond donors (Lipinski definition) is 3. The van der Waals surface area contributed by atoms with Crippen molar-refractivity contribution in [1.29, 1.82) is 0 Å². The highest BCUT2D eigenvalue weighted by Gasteiger charge is 2.42. The molecule has 35 heavy (non-hydrogen) atoms. The maximum absolute atomic E-state index is 11.2. The lowest BCUT2D eigenvalue weighted by Crippen LogP contribution is -2.40. The van der Waals surface area contributed by atoms with Crippen LogP contribution >= 0.6 is 21.1 Å². The van der Waals surface area contributed by atoms with E-state index in [1.165, 1.54) is 96.3 Å². The summed E-state index contributed by atoms with van der Waals surface area (Å²) in [5.41, 5.74) is -3.24. The Kier molecular flexibility index (Phi) is 22.8. The average molecular weight is 537 g/mol. The Balaban J connectivity index is 4.51. The monoisotopic (exact) mass is 536 g/mol. The molecule has 4 unspecified atom stereocenters. The first-order chi connectivity index (χ1) is 16.8. The van der Waals surface area contributed by atoms with E-state index in [1.807, 2.05) is 0 Å². The normalized spacial score (nSPS) is 16.1. The summed E-state index contributed by atoms with van der Waals surface area (Å²) in [4.78, 5) is 11.2. The van der Waals surface area contributed by atoms with Gasteiger partial charge < -0.3 is 19.7 Å². The minimum absolute atomic E-state index is 0.308. The molecule has 0 heterocycles. The molecule has 0 aliphatic carbocycles. The van der Waals surface area contributed by atoms with E-state index in [0.29, 0.717) is 12.3 Å². The SMILES string of the molecule is CCCCCCCCCCCCC(CCCCCCC)CC(S)OC(CC)OC(O)(P=O)C(=O)O. The van der Waals surface area contributed by atoms with Gasteiger partial charge >= 0.3 is 11.5 Å². The van der Waals surface area contributed by atoms with Gasteiger partial charge in [0.1, 0.15) is 5.44 Å². The number of unbranched alkanes of at least 4 members (excludes halogenated alkanes) is 13. The van der Waals surface area contributed by atoms with Crippen LogP contribution in [0.2, 0.25) is 0 Å². The topological polar surface area (TPSA) is 93.1 Å². The first-order valence-corrected chi connectivity index (χ1v) is 15.5. The molecule has 0 aliphatic heterocycles. The molecule has 0 fully saturated rings. The third-order valence-electron chi connectivity index (χ3n) is 6.56. The molecule has 0 aromatic rings. The Morgan fingerprint density at radius 2 is 1.26 bits per heavy atom. The fourth-order valence-electron chi connectivity index (χ4n) is 4.35. The van der Waals surface area contributed by atoms with Gasteiger partial charge in [0.05, 0.1) is 0 Å². The minimum Gasteiger partial charge on any atom is -0.477 e. The maximum Gasteiger partial charge on any atom is 0.377 e. The van der Waals surface area contributed by atoms with Crippen LogP contribution < -0.4 is 0 Å². The van der Waals surface area contributed by atoms with Gasteiger partial charge in [0.2, 0.25) is 8.46 Å². The molecule has 0 aromatic heterocycles. The molecule has 0 aliphatic rings. The Bertz CT molecular complexity index is 524. The summed E-state index contributed by atoms with van der Waals surface area (Å²) in [6.07, 6.45) is 21.8. The molecule has 0 saturated heterocycles. The summed E-state index contributed by atoms with van der Waals surface area (Å²) in [6, 6.07) is 0. The van der Waals surface area contributed by atoms with Gasteiger partial charge in [-0.15, -0.1) is 12.6 Å². The van der Waals surface area contributed by atoms with Crippen LogP contribution in [0.15, 0.2) is 0 Å². The largest absolute Gasteiger partial charge is 0.477 e. The number of rotatable bonds is 26. The van der Waals surface area contributed by atoms with Crippen molar-refractivity contribution in [2.75, 3.05) is 0 Å². The van der Waals surface area contributed by atoms with Crippen LogP contribution in [0.4, 0.5) is 0 Å². The molecule has 0 radical (unpaired) electrons. The molecule has 0 bridgehead atoms. The van der Waals surface area contributed by atoms with E-state index in [2.05, 4.69) is 26.5 Å². The van der Waals surface area contributed by atoms with Crippen molar-refractivity contribution in [3.63, 3.8) is 0 Å². The van der Waals surface area contributed by atoms with E-state index in [4.69, 9.17) is 14.6 Å². The first kappa shape index (κ1) is 34.8. The van der Waals surface area contributed by atoms with Crippen LogP contribution in [0.25, 0.3) is 0 Å². The van der Waals surface area contributed by atoms with Gasteiger partial charge in [-0.25, -0.2) is 4.79 Å². The number of aliphatic carboxylic acids is 1. The van der Waals surface area contributed by atoms with E-state index in [0.717, 1.165) is 19.3 Å². The molecule has 4 atom stereocenters. The molecule has 0 aromatic carbocycles. The molecule has 8 heteroatoms. The number of hydrogen-bond acceptors (Lipinski definition) is 6. The molecule has 0 saturated carbocycles. The van der Waals surface area contributed by atoms with Crippen LogP contribution in [0, 0.1) is 5.92 Å². The Hall–Kier alpha value is -0.200. The van der Waals surface area contributed by atoms with Crippen molar-refractivity contribution in [3.8, 4) is 0 Å². The van der Waals surface area contributed by atoms with Gasteiger partial charge in [0, 0.05) is 0 Å². The average Bonchev–Trinajstić information content (AvgIpc) is 2.84. The van der Waals surface area contributed by atoms with Gasteiger partial charge in [-0.1, -0.05) is 130 Å². The second-order valence-corrected chi connectivity index (χ2v) is 11.2. The number of carbonyl (C=O) groups is 1. The zero-order valence-corrected chi connectivity index (χ0v) is 24.4. The number of aliphatic hydroxyl groups is 1. The number of carboxylic acid groups (broad SMARTS) is 1. The number of ether oxygens (including phenoxy) is 2. The Morgan fingerprint density at radius 1 is 0.829 bits per heavy atom. The van der Waals surface area contributed by atoms with Crippen molar-refractivity contribution in [1.82, 2.24) is 0 Å². The van der Waals surface area contributed by atoms with Gasteiger partial charge in [-0.2, -0.15) is 0 Å². The summed E-state index contributed by atoms with van der Waals surface area (Å²) in [5.74, 6) is -1.22. The van der Waals surface area contributed by atoms with E-state index < -0.39 is 31.7 Å². The van der Waals surface area contributed by atoms with E-state index in [9.17, 15) is 14.5 Å². The standard InChI is InChI=1S/C27H53O6PS/c1-4-7-9-11-12-13-14-15-17-19-21-23(20-18-16-10-8-5-2)22-25(35)32-24(6-3)33-27(30,34-31)26(28)29/h23-25,30,35H,4-22H2,1-3H3,(H,28,29). The Morgan fingerprint density at radius 3 is 1.63 bits per heavy atom. The van der Waals surface area contributed by atoms with E-state index in [-0.39, 0.29) is 0 Å². The maximum atomic E-state index is 11.2. The molecule has 0 amide bonds. The zero-order chi connectivity index (χ0) is 26.4. The third kappa shape index (κ3) is 18.7. The summed E-state index contributed by atoms with van der Waals surface area (Å²) < 4.78 is 22.0. The first-order valence-electron chi connectivity index (χ1n) is 14.1. The highest BCUT2D eigenvalue weighted by molar-refractivity contribution is 7.80. The smallest absolute Gasteiger partial charge is 0.377 e. The van der Waals surface area contributed by atoms with Crippen molar-refractivity contribution in [3.05, 3.63) is 0 Å². The lowest BCUT2D eigenvalue weighted by molar-refractivity contribution is -0.256. The summed E-state index contributed by atoms with van der Waals surface area (Å²) in [7, 11) is -1.03. The van der Waals surface area contributed by atoms with Crippen molar-refractivity contribution >= 4 is 27.1 Å². The molecular weight excluding hydrogens is 483 g/mol. The molecule has 208 valence electrons. The number of carboxylic acids is 1. The fourth-order valence-corrected chi connectivity index (χ4v) is 5.03. The highest BCUT2D eigenvalue weighted by Crippen LogP contribution is 2.29. The van der Waals surface area contributed by atoms with Crippen molar-refractivity contribution < 1.29 is 29.0 Å². The second-order valence-electron chi connectivity index (χ2n) is 9.83. The Labute approximate surface area is 221 Å². The van der Waals surface area contributed by atoms with E-state index >= 15 is 0 Å². The third-order valence-corrected chi connectivity index (χ3v) is 7.43. The van der Waals surface area contributed by atoms with E-state index in [1.54, 1.807) is 6.92 Å². The molecule has 2 N–H and O–H groups in total. The van der Waals surface area contributed by atoms with Gasteiger partial charge in [0.25, 0.3) is 0 Å². The molecule has 0 spiro atoms. The zero-order valence-electron chi connectivity index (χ0n) is 22.6. The van der Waals surface area contributed by atoms with Crippen LogP contribution in [0.3, 0.4) is 0 Å². The predicted molar refractivity (Wildman–Crippen MR) is 147 cm³/mol. The lowest BCUT2D eigenvalue weighted by Gasteiger charge is -2.27. The highest BCUT2D eigenvalue weighted by atomic mass is 32.1. The van der Waals surface area contributed by atoms with Crippen LogP contribution in [-0.2, 0) is 18.8 Å². The quantitative estimate of drug-likeness (QED) is 0.0443. The van der Waals surface area contributed by atoms with Crippen LogP contribution in [0.5, 0.6) is 0 Å². The summed E-state index contributed by atoms with van der Waals surface area (Å²) in [5, 5.41) is 19.0. The minimum atomic E-state index is -2.80. The van der Waals surface area contributed by atoms with Gasteiger partial charge in [-0.3, -0.25) is 4.57 Å². The lowest BCUT2D eigenvalue weighted by atomic mass is 9.91. The number of thiol groups is 1.